The van der Waals surface area contributed by atoms with E-state index in [2.05, 4.69) is 52.5 Å². The molecule has 6 amide bonds. The number of carbonyl (C=O) groups excluding carboxylic acids is 8. The number of hydrogen-bond acceptors (Lipinski definition) is 26. The molecular formula is C72H48F20I14N12O26S6-6. The van der Waals surface area contributed by atoms with Gasteiger partial charge in [0.25, 0.3) is 10.0 Å². The molecule has 7 aromatic rings. The summed E-state index contributed by atoms with van der Waals surface area (Å²) in [6.45, 7) is 4.45. The van der Waals surface area contributed by atoms with E-state index in [1.54, 1.807) is 240 Å². The first-order valence-electron chi connectivity index (χ1n) is 36.7. The number of nitrogens with one attached hydrogen (secondary N) is 3. The first-order valence-corrected chi connectivity index (χ1v) is 60.4. The van der Waals surface area contributed by atoms with Crippen molar-refractivity contribution >= 4 is 482 Å². The molecule has 150 heavy (non-hydrogen) atoms. The Morgan fingerprint density at radius 1 is 0.347 bits per heavy atom. The number of ether oxygens (including phenoxy) is 2. The number of alkyl halides is 15. The molecule has 78 heteroatoms. The highest BCUT2D eigenvalue weighted by Crippen LogP contribution is 2.46. The van der Waals surface area contributed by atoms with Crippen molar-refractivity contribution in [3.05, 3.63) is 183 Å². The van der Waals surface area contributed by atoms with E-state index in [1.807, 2.05) is 113 Å². The Hall–Kier alpha value is -3.38. The van der Waals surface area contributed by atoms with Crippen molar-refractivity contribution in [1.82, 2.24) is 0 Å². The molecule has 0 fully saturated rings. The third-order valence-electron chi connectivity index (χ3n) is 16.1. The Bertz CT molecular complexity index is 7240. The smallest absolute Gasteiger partial charge is 0.518 e. The van der Waals surface area contributed by atoms with E-state index in [-0.39, 0.29) is 72.2 Å². The molecule has 38 nitrogen and oxygen atoms in total. The van der Waals surface area contributed by atoms with Crippen molar-refractivity contribution in [3.63, 3.8) is 0 Å². The number of benzene rings is 7. The van der Waals surface area contributed by atoms with Crippen molar-refractivity contribution < 1.29 is 207 Å². The molecular weight excluding hydrogens is 3800 g/mol. The van der Waals surface area contributed by atoms with Crippen LogP contribution >= 0.6 is 316 Å². The quantitative estimate of drug-likeness (QED) is 0.00699. The second kappa shape index (κ2) is 58.3. The number of sulfonamides is 6. The topological polar surface area (TPSA) is 576 Å². The molecule has 0 aromatic heterocycles. The highest BCUT2D eigenvalue weighted by molar-refractivity contribution is 14.1. The highest BCUT2D eigenvalue weighted by Gasteiger charge is 2.49. The largest absolute Gasteiger partial charge is 0.858 e. The molecule has 7 rings (SSSR count). The predicted molar refractivity (Wildman–Crippen MR) is 608 cm³/mol. The van der Waals surface area contributed by atoms with Crippen LogP contribution in [0, 0.1) is 79.1 Å². The predicted octanol–water partition coefficient (Wildman–Crippen LogP) is 16.2. The fraction of sp³-hybridized carbons (Fsp3) is 0.250. The van der Waals surface area contributed by atoms with Gasteiger partial charge in [-0.05, 0) is 359 Å². The molecule has 832 valence electrons. The second-order valence-electron chi connectivity index (χ2n) is 26.7. The van der Waals surface area contributed by atoms with Gasteiger partial charge in [-0.25, -0.2) is 48.4 Å². The summed E-state index contributed by atoms with van der Waals surface area (Å²) in [6.07, 6.45) is 0. The second-order valence-corrected chi connectivity index (χ2v) is 52.0. The van der Waals surface area contributed by atoms with E-state index in [0.717, 1.165) is 32.1 Å². The average molecular weight is 3850 g/mol. The van der Waals surface area contributed by atoms with Gasteiger partial charge in [-0.3, -0.25) is 28.8 Å². The minimum atomic E-state index is -6.08. The molecule has 0 saturated heterocycles. The van der Waals surface area contributed by atoms with E-state index in [1.165, 1.54) is 73.1 Å². The lowest BCUT2D eigenvalue weighted by molar-refractivity contribution is -0.213. The van der Waals surface area contributed by atoms with Gasteiger partial charge in [0.05, 0.1) is 69.2 Å². The Kier molecular flexibility index (Phi) is 55.4. The maximum Gasteiger partial charge on any atom is 0.518 e. The van der Waals surface area contributed by atoms with E-state index in [0.29, 0.717) is 25.0 Å². The van der Waals surface area contributed by atoms with Crippen LogP contribution < -0.4 is 51.1 Å². The van der Waals surface area contributed by atoms with Gasteiger partial charge in [-0.15, -0.1) is 13.1 Å². The Balaban J connectivity index is 0.000000611. The van der Waals surface area contributed by atoms with Crippen LogP contribution in [0.15, 0.2) is 83.1 Å². The van der Waals surface area contributed by atoms with E-state index in [4.69, 9.17) is 0 Å². The number of amides is 6. The lowest BCUT2D eigenvalue weighted by atomic mass is 10.1. The third kappa shape index (κ3) is 39.0. The zero-order valence-electron chi connectivity index (χ0n) is 73.5. The minimum Gasteiger partial charge on any atom is -0.858 e. The van der Waals surface area contributed by atoms with E-state index in [9.17, 15) is 197 Å². The fourth-order valence-corrected chi connectivity index (χ4v) is 29.8. The normalized spacial score (nSPS) is 12.5. The van der Waals surface area contributed by atoms with Gasteiger partial charge < -0.3 is 70.0 Å². The zero-order chi connectivity index (χ0) is 117. The summed E-state index contributed by atoms with van der Waals surface area (Å²) in [5.74, 6) is -23.6. The van der Waals surface area contributed by atoms with Crippen molar-refractivity contribution in [2.75, 3.05) is 78.1 Å². The van der Waals surface area contributed by atoms with Gasteiger partial charge in [0.15, 0.2) is 48.2 Å². The number of anilines is 6. The van der Waals surface area contributed by atoms with Crippen LogP contribution in [0.1, 0.15) is 84.5 Å². The van der Waals surface area contributed by atoms with Gasteiger partial charge in [0.1, 0.15) is 0 Å². The number of halogens is 34. The number of rotatable bonds is 25. The lowest BCUT2D eigenvalue weighted by Gasteiger charge is -2.29. The molecule has 0 saturated carbocycles. The molecule has 0 aliphatic rings. The zero-order valence-corrected chi connectivity index (χ0v) is 109. The maximum atomic E-state index is 13.7. The first kappa shape index (κ1) is 143. The molecule has 0 radical (unpaired) electrons. The van der Waals surface area contributed by atoms with Gasteiger partial charge >= 0.3 is 69.6 Å². The van der Waals surface area contributed by atoms with Crippen LogP contribution in [0.5, 0.6) is 0 Å². The standard InChI is InChI=1S/C14H13F3I3N3O5S.C13H3F5I3NO3S.C13H11F3I3N3O5S.C12H9F3I3N3O5S.2C10H8F3INO4S/c1-5(24)22(3)11-8(18)7(13(26)21-29(27,28)14(15,16)17)9(19)12(10(11)20)23(4)6(2)25;14-6-7(15)9(17)12(10(18)8(6)16)26(24,25)22-13(23)4-1-3(19)2-5(20)11(4)21;1-4(23)20-10-7(17)6(12(25)21-28(26,27)13(14,15)16)8(18)11(9(10)19)22(3)5(2)24;1-3(22)19-9-6(16)5(7(17)10(8(9)18)20-4(2)23)11(24)21-27(25,26)12(13,14)15;11-10(12,13)20(17,18)15-4-5-19-9(16)7-2-1-3-8(14)6-7;11-10(12,13)20(17,18)15-5-6-19-9(16)7-3-1-2-4-8(7)14/h1-4H3,(H,21,26);1-2H,(H,22,23);1-3H3,(H,20,23)(H,21,25);1-2H3,(H,19,22)(H,20,23)(H,21,24);1-3,6H,4-5H2;1-4H,5-6H2/q;;;;2*-1/p-4. The summed E-state index contributed by atoms with van der Waals surface area (Å²) >= 11 is 24.3. The van der Waals surface area contributed by atoms with Crippen LogP contribution in [-0.2, 0) is 98.4 Å². The van der Waals surface area contributed by atoms with Crippen molar-refractivity contribution in [1.29, 1.82) is 0 Å². The van der Waals surface area contributed by atoms with Crippen molar-refractivity contribution in [2.24, 2.45) is 17.6 Å². The van der Waals surface area contributed by atoms with Gasteiger partial charge in [0, 0.05) is 148 Å². The molecule has 0 spiro atoms. The molecule has 0 bridgehead atoms. The average Bonchev–Trinajstić information content (AvgIpc) is 0.758. The SMILES string of the molecule is CC(=O)N(C)c1c(I)c(C([O-])=NS(=O)(=O)C(F)(F)F)c(I)c(N(C)C(C)=O)c1I.CC(=O)Nc1c(I)c(C([O-])=NS(=O)(=O)C(F)(F)F)c(I)c(N(C)C(C)=O)c1I.CC(=O)Nc1c(I)c(NC(C)=O)c(I)c(C([O-])=NS(=O)(=O)C(F)(F)F)c1I.O=C(OCC[N-]S(=O)(=O)C(F)(F)F)c1cccc(I)c1.O=C(OCC[N-]S(=O)(=O)C(F)(F)F)c1ccccc1I.O=S(=O)(N=C([O-])c1cc(I)cc(I)c1I)c1c(F)c(F)c(F)c(F)c1F. The Morgan fingerprint density at radius 2 is 0.660 bits per heavy atom. The van der Waals surface area contributed by atoms with Gasteiger partial charge in [0.2, 0.25) is 41.3 Å². The molecule has 0 unspecified atom stereocenters. The Morgan fingerprint density at radius 3 is 0.980 bits per heavy atom. The summed E-state index contributed by atoms with van der Waals surface area (Å²) in [7, 11) is -30.7. The van der Waals surface area contributed by atoms with E-state index < -0.39 is 236 Å². The molecule has 0 atom stereocenters. The first-order chi connectivity index (χ1) is 67.7. The number of esters is 2. The molecule has 0 aliphatic carbocycles. The van der Waals surface area contributed by atoms with E-state index >= 15 is 0 Å². The lowest BCUT2D eigenvalue weighted by Crippen LogP contribution is -2.33. The summed E-state index contributed by atoms with van der Waals surface area (Å²) in [6, 6.07) is 15.7. The monoisotopic (exact) mass is 3840 g/mol. The van der Waals surface area contributed by atoms with Crippen LogP contribution in [0.4, 0.5) is 122 Å². The van der Waals surface area contributed by atoms with Crippen LogP contribution in [0.2, 0.25) is 0 Å². The molecule has 0 heterocycles. The number of carbonyl (C=O) groups is 8. The van der Waals surface area contributed by atoms with Crippen molar-refractivity contribution in [2.45, 2.75) is 74.0 Å². The summed E-state index contributed by atoms with van der Waals surface area (Å²) in [5.41, 5.74) is -28.9. The summed E-state index contributed by atoms with van der Waals surface area (Å²) in [4.78, 5) is 94.1. The molecule has 0 aliphatic heterocycles. The van der Waals surface area contributed by atoms with Crippen LogP contribution in [-0.4, -0.2) is 196 Å². The molecule has 7 aromatic carbocycles. The minimum absolute atomic E-state index is 0.00401. The van der Waals surface area contributed by atoms with Gasteiger partial charge in [-0.2, -0.15) is 117 Å². The maximum absolute atomic E-state index is 13.7. The Labute approximate surface area is 1020 Å². The number of hydrogen-bond donors (Lipinski definition) is 3. The highest BCUT2D eigenvalue weighted by atomic mass is 127. The molecule has 3 N–H and O–H groups in total. The van der Waals surface area contributed by atoms with Crippen molar-refractivity contribution in [3.8, 4) is 0 Å². The fourth-order valence-electron chi connectivity index (χ4n) is 9.22. The van der Waals surface area contributed by atoms with Crippen LogP contribution in [0.3, 0.4) is 0 Å². The van der Waals surface area contributed by atoms with Crippen LogP contribution in [0.25, 0.3) is 9.44 Å². The summed E-state index contributed by atoms with van der Waals surface area (Å²) in [5, 5.41) is 56.5. The van der Waals surface area contributed by atoms with Gasteiger partial charge in [-0.1, -0.05) is 18.2 Å². The number of nitrogens with zero attached hydrogens (tertiary/aromatic N) is 9. The third-order valence-corrected chi connectivity index (χ3v) is 37.4. The summed E-state index contributed by atoms with van der Waals surface area (Å²) < 4.78 is 413.